The van der Waals surface area contributed by atoms with Gasteiger partial charge in [-0.25, -0.2) is 4.79 Å². The predicted octanol–water partition coefficient (Wildman–Crippen LogP) is 7.01. The third-order valence-corrected chi connectivity index (χ3v) is 6.53. The summed E-state index contributed by atoms with van der Waals surface area (Å²) < 4.78 is 3.77. The molecule has 1 heterocycles. The molecule has 0 aliphatic rings. The number of amides is 3. The van der Waals surface area contributed by atoms with E-state index in [1.807, 2.05) is 35.6 Å². The molecule has 11 heteroatoms. The lowest BCUT2D eigenvalue weighted by Gasteiger charge is -2.19. The Balaban J connectivity index is 1.65. The number of hydrogen-bond acceptors (Lipinski definition) is 5. The molecule has 0 saturated carbocycles. The number of alkyl halides is 3. The van der Waals surface area contributed by atoms with Gasteiger partial charge < -0.3 is 10.1 Å². The summed E-state index contributed by atoms with van der Waals surface area (Å²) in [4.78, 5) is 37.6. The maximum absolute atomic E-state index is 13.3. The standard InChI is InChI=1S/C23H14Cl4N2O4S/c24-14-6-8-18-16(10-14)17(11-34-18)19(33-22(32)29-21(31)23(25,26)27)20(30)28-15-7-5-12-3-1-2-4-13(12)9-15/h1-11,19H,(H,28,30)(H,29,31,32). The molecule has 0 spiro atoms. The van der Waals surface area contributed by atoms with E-state index >= 15 is 0 Å². The summed E-state index contributed by atoms with van der Waals surface area (Å²) in [5, 5.41) is 9.22. The molecule has 1 atom stereocenters. The fraction of sp³-hybridized carbons (Fsp3) is 0.0870. The molecule has 0 fully saturated rings. The molecule has 174 valence electrons. The number of fused-ring (bicyclic) bond motifs is 2. The molecule has 34 heavy (non-hydrogen) atoms. The van der Waals surface area contributed by atoms with Gasteiger partial charge in [-0.05, 0) is 46.5 Å². The van der Waals surface area contributed by atoms with Crippen LogP contribution in [0, 0.1) is 0 Å². The van der Waals surface area contributed by atoms with Gasteiger partial charge in [0.15, 0.2) is 0 Å². The molecule has 3 aromatic carbocycles. The van der Waals surface area contributed by atoms with Gasteiger partial charge in [0.05, 0.1) is 0 Å². The van der Waals surface area contributed by atoms with Crippen molar-refractivity contribution in [3.8, 4) is 0 Å². The number of ether oxygens (including phenoxy) is 1. The number of carbonyl (C=O) groups is 3. The van der Waals surface area contributed by atoms with Gasteiger partial charge in [0, 0.05) is 26.4 Å². The zero-order chi connectivity index (χ0) is 24.5. The highest BCUT2D eigenvalue weighted by atomic mass is 35.6. The van der Waals surface area contributed by atoms with Crippen molar-refractivity contribution in [1.29, 1.82) is 0 Å². The second-order valence-electron chi connectivity index (χ2n) is 7.12. The highest BCUT2D eigenvalue weighted by Gasteiger charge is 2.34. The molecule has 1 aromatic heterocycles. The predicted molar refractivity (Wildman–Crippen MR) is 137 cm³/mol. The zero-order valence-electron chi connectivity index (χ0n) is 17.0. The molecule has 0 saturated heterocycles. The fourth-order valence-corrected chi connectivity index (χ4v) is 4.53. The number of hydrogen-bond donors (Lipinski definition) is 2. The Kier molecular flexibility index (Phi) is 7.21. The second-order valence-corrected chi connectivity index (χ2v) is 10.7. The van der Waals surface area contributed by atoms with E-state index in [0.29, 0.717) is 21.7 Å². The average molecular weight is 556 g/mol. The SMILES string of the molecule is O=C(NC(=O)C(Cl)(Cl)Cl)OC(C(=O)Nc1ccc2ccccc2c1)c1csc2ccc(Cl)cc12. The van der Waals surface area contributed by atoms with Crippen LogP contribution in [0.25, 0.3) is 20.9 Å². The number of rotatable bonds is 4. The lowest BCUT2D eigenvalue weighted by atomic mass is 10.1. The summed E-state index contributed by atoms with van der Waals surface area (Å²) in [5.41, 5.74) is 0.880. The van der Waals surface area contributed by atoms with Gasteiger partial charge in [-0.15, -0.1) is 11.3 Å². The van der Waals surface area contributed by atoms with Crippen molar-refractivity contribution in [3.63, 3.8) is 0 Å². The maximum atomic E-state index is 13.3. The summed E-state index contributed by atoms with van der Waals surface area (Å²) in [7, 11) is 0. The van der Waals surface area contributed by atoms with Crippen molar-refractivity contribution >= 4 is 102 Å². The molecule has 2 N–H and O–H groups in total. The molecular formula is C23H14Cl4N2O4S. The summed E-state index contributed by atoms with van der Waals surface area (Å²) >= 11 is 24.0. The van der Waals surface area contributed by atoms with Crippen LogP contribution in [0.1, 0.15) is 11.7 Å². The number of nitrogens with one attached hydrogen (secondary N) is 2. The van der Waals surface area contributed by atoms with E-state index in [1.54, 1.807) is 35.7 Å². The van der Waals surface area contributed by atoms with Gasteiger partial charge in [-0.3, -0.25) is 14.9 Å². The minimum Gasteiger partial charge on any atom is -0.431 e. The van der Waals surface area contributed by atoms with E-state index in [4.69, 9.17) is 51.1 Å². The Morgan fingerprint density at radius 1 is 0.941 bits per heavy atom. The fourth-order valence-electron chi connectivity index (χ4n) is 3.26. The van der Waals surface area contributed by atoms with Crippen LogP contribution in [0.5, 0.6) is 0 Å². The van der Waals surface area contributed by atoms with E-state index in [0.717, 1.165) is 15.5 Å². The average Bonchev–Trinajstić information content (AvgIpc) is 3.19. The number of benzene rings is 3. The van der Waals surface area contributed by atoms with E-state index in [-0.39, 0.29) is 0 Å². The molecule has 4 rings (SSSR count). The van der Waals surface area contributed by atoms with Gasteiger partial charge in [0.25, 0.3) is 15.6 Å². The lowest BCUT2D eigenvalue weighted by molar-refractivity contribution is -0.126. The Morgan fingerprint density at radius 2 is 1.68 bits per heavy atom. The van der Waals surface area contributed by atoms with E-state index in [9.17, 15) is 14.4 Å². The van der Waals surface area contributed by atoms with Crippen LogP contribution in [-0.4, -0.2) is 21.7 Å². The number of carbonyl (C=O) groups excluding carboxylic acids is 3. The summed E-state index contributed by atoms with van der Waals surface area (Å²) in [6.07, 6.45) is -2.68. The van der Waals surface area contributed by atoms with Gasteiger partial charge in [0.2, 0.25) is 6.10 Å². The molecule has 6 nitrogen and oxygen atoms in total. The highest BCUT2D eigenvalue weighted by Crippen LogP contribution is 2.35. The van der Waals surface area contributed by atoms with Gasteiger partial charge >= 0.3 is 6.09 Å². The summed E-state index contributed by atoms with van der Waals surface area (Å²) in [6.45, 7) is 0. The first-order chi connectivity index (χ1) is 16.1. The van der Waals surface area contributed by atoms with Crippen molar-refractivity contribution in [1.82, 2.24) is 5.32 Å². The molecule has 0 aliphatic carbocycles. The third kappa shape index (κ3) is 5.56. The first-order valence-corrected chi connectivity index (χ1v) is 12.1. The summed E-state index contributed by atoms with van der Waals surface area (Å²) in [6, 6.07) is 18.2. The molecule has 0 aliphatic heterocycles. The number of anilines is 1. The highest BCUT2D eigenvalue weighted by molar-refractivity contribution is 7.17. The number of imide groups is 1. The Morgan fingerprint density at radius 3 is 2.41 bits per heavy atom. The van der Waals surface area contributed by atoms with Gasteiger partial charge in [-0.2, -0.15) is 0 Å². The van der Waals surface area contributed by atoms with Crippen LogP contribution in [0.3, 0.4) is 0 Å². The van der Waals surface area contributed by atoms with Crippen molar-refractivity contribution < 1.29 is 19.1 Å². The molecule has 0 radical (unpaired) electrons. The smallest absolute Gasteiger partial charge is 0.415 e. The minimum absolute atomic E-state index is 0.386. The van der Waals surface area contributed by atoms with Crippen LogP contribution < -0.4 is 10.6 Å². The van der Waals surface area contributed by atoms with E-state index in [2.05, 4.69) is 5.32 Å². The number of alkyl carbamates (subject to hydrolysis) is 1. The third-order valence-electron chi connectivity index (χ3n) is 4.80. The van der Waals surface area contributed by atoms with Gasteiger partial charge in [0.1, 0.15) is 0 Å². The topological polar surface area (TPSA) is 84.5 Å². The molecular weight excluding hydrogens is 542 g/mol. The first-order valence-electron chi connectivity index (χ1n) is 9.67. The van der Waals surface area contributed by atoms with Crippen molar-refractivity contribution in [2.24, 2.45) is 0 Å². The van der Waals surface area contributed by atoms with Crippen LogP contribution >= 0.6 is 57.7 Å². The first kappa shape index (κ1) is 24.6. The maximum Gasteiger partial charge on any atom is 0.415 e. The molecule has 4 aromatic rings. The number of thiophene rings is 1. The van der Waals surface area contributed by atoms with E-state index < -0.39 is 27.8 Å². The van der Waals surface area contributed by atoms with Crippen LogP contribution in [0.15, 0.2) is 66.0 Å². The molecule has 3 amide bonds. The van der Waals surface area contributed by atoms with Crippen LogP contribution in [0.2, 0.25) is 5.02 Å². The summed E-state index contributed by atoms with van der Waals surface area (Å²) in [5.74, 6) is -1.86. The van der Waals surface area contributed by atoms with Crippen molar-refractivity contribution in [3.05, 3.63) is 76.6 Å². The minimum atomic E-state index is -2.38. The van der Waals surface area contributed by atoms with E-state index in [1.165, 1.54) is 11.3 Å². The molecule has 1 unspecified atom stereocenters. The quantitative estimate of drug-likeness (QED) is 0.265. The Bertz CT molecular complexity index is 1420. The second kappa shape index (κ2) is 9.98. The Labute approximate surface area is 217 Å². The van der Waals surface area contributed by atoms with Crippen molar-refractivity contribution in [2.45, 2.75) is 9.90 Å². The van der Waals surface area contributed by atoms with Crippen molar-refractivity contribution in [2.75, 3.05) is 5.32 Å². The monoisotopic (exact) mass is 554 g/mol. The number of halogens is 4. The van der Waals surface area contributed by atoms with Crippen LogP contribution in [-0.2, 0) is 14.3 Å². The van der Waals surface area contributed by atoms with Gasteiger partial charge in [-0.1, -0.05) is 76.7 Å². The lowest BCUT2D eigenvalue weighted by Crippen LogP contribution is -2.40. The zero-order valence-corrected chi connectivity index (χ0v) is 20.8. The normalized spacial score (nSPS) is 12.4. The van der Waals surface area contributed by atoms with Crippen LogP contribution in [0.4, 0.5) is 10.5 Å². The largest absolute Gasteiger partial charge is 0.431 e. The molecule has 0 bridgehead atoms. The Hall–Kier alpha value is -2.55.